The van der Waals surface area contributed by atoms with Gasteiger partial charge in [-0.1, -0.05) is 25.5 Å². The molecule has 0 amide bonds. The van der Waals surface area contributed by atoms with E-state index in [1.165, 1.54) is 0 Å². The van der Waals surface area contributed by atoms with Crippen LogP contribution in [0, 0.1) is 35.0 Å². The molecule has 4 aliphatic rings. The number of ketones is 1. The average molecular weight is 397 g/mol. The summed E-state index contributed by atoms with van der Waals surface area (Å²) in [7, 11) is -5.59. The Labute approximate surface area is 187 Å². The van der Waals surface area contributed by atoms with Crippen molar-refractivity contribution in [1.29, 1.82) is 0 Å². The van der Waals surface area contributed by atoms with E-state index in [0.717, 1.165) is 0 Å². The molecule has 3 fully saturated rings. The molecule has 4 aliphatic carbocycles. The molecule has 0 saturated heterocycles. The Morgan fingerprint density at radius 1 is 1.46 bits per heavy atom. The first kappa shape index (κ1) is 14.3. The molecule has 0 bridgehead atoms. The molecule has 5 nitrogen and oxygen atoms in total. The number of carbonyl (C=O) groups is 1. The molecule has 7 atom stereocenters. The van der Waals surface area contributed by atoms with E-state index in [1.807, 2.05) is 6.92 Å². The molecule has 0 aromatic carbocycles. The maximum Gasteiger partial charge on any atom is 1.00 e. The molecule has 0 spiro atoms. The van der Waals surface area contributed by atoms with Gasteiger partial charge in [0.05, 0.1) is 8.82 Å². The number of carbonyl (C=O) groups excluding carboxylic acids is 1. The fraction of sp³-hybridized carbons (Fsp3) is 0.842. The van der Waals surface area contributed by atoms with Gasteiger partial charge in [-0.2, -0.15) is 0 Å². The summed E-state index contributed by atoms with van der Waals surface area (Å²) in [5, 5.41) is 0. The molecule has 0 radical (unpaired) electrons. The van der Waals surface area contributed by atoms with Gasteiger partial charge in [0, 0.05) is 17.8 Å². The first-order valence-electron chi connectivity index (χ1n) is 11.9. The predicted molar refractivity (Wildman–Crippen MR) is 91.2 cm³/mol. The summed E-state index contributed by atoms with van der Waals surface area (Å²) in [5.41, 5.74) is -1.32. The number of Topliss-reactive ketones (excluding diaryl/α,β-unsaturated/α-hetero) is 1. The molecule has 0 aromatic heterocycles. The number of fused-ring (bicyclic) bond motifs is 5. The molecule has 1 unspecified atom stereocenters. The average Bonchev–Trinajstić information content (AvgIpc) is 2.95. The predicted octanol–water partition coefficient (Wildman–Crippen LogP) is 0.224. The van der Waals surface area contributed by atoms with Crippen molar-refractivity contribution in [3.05, 3.63) is 11.6 Å². The molecule has 3 saturated carbocycles. The van der Waals surface area contributed by atoms with Crippen LogP contribution in [-0.2, 0) is 19.4 Å². The molecule has 0 N–H and O–H groups in total. The van der Waals surface area contributed by atoms with E-state index >= 15 is 0 Å². The number of allylic oxidation sites excluding steroid dienone is 1. The monoisotopic (exact) mass is 396 g/mol. The largest absolute Gasteiger partial charge is 1.00 e. The molecule has 26 heavy (non-hydrogen) atoms. The SMILES string of the molecule is [2H]C1=C2C([2H])([2H])[C@@]([2H])(OS(=O)(=O)[O-])C([2H])([2H])C[C@]2(C)[C@H]2C[C@@H](C)C3C(=O)CC[C@H]3[C@@H]2C1.[Na+]. The summed E-state index contributed by atoms with van der Waals surface area (Å²) in [5.74, 6) is -0.0985. The zero-order valence-corrected chi connectivity index (χ0v) is 18.2. The summed E-state index contributed by atoms with van der Waals surface area (Å²) in [6.07, 6.45) is -7.71. The third-order valence-corrected chi connectivity index (χ3v) is 7.18. The van der Waals surface area contributed by atoms with Crippen LogP contribution >= 0.6 is 0 Å². The Balaban J connectivity index is 0.00000289. The maximum atomic E-state index is 12.5. The van der Waals surface area contributed by atoms with Crippen LogP contribution in [-0.4, -0.2) is 24.8 Å². The van der Waals surface area contributed by atoms with E-state index in [2.05, 4.69) is 4.18 Å². The summed E-state index contributed by atoms with van der Waals surface area (Å²) >= 11 is 0. The molecular formula is C19H27NaO5S. The molecule has 140 valence electrons. The van der Waals surface area contributed by atoms with Crippen LogP contribution in [0.5, 0.6) is 0 Å². The van der Waals surface area contributed by atoms with E-state index < -0.39 is 41.1 Å². The Kier molecular flexibility index (Phi) is 4.00. The zero-order chi connectivity index (χ0) is 23.4. The van der Waals surface area contributed by atoms with E-state index in [9.17, 15) is 17.8 Å². The second-order valence-electron chi connectivity index (χ2n) is 8.15. The second kappa shape index (κ2) is 7.27. The zero-order valence-electron chi connectivity index (χ0n) is 21.4. The summed E-state index contributed by atoms with van der Waals surface area (Å²) < 4.78 is 89.3. The smallest absolute Gasteiger partial charge is 0.726 e. The van der Waals surface area contributed by atoms with Gasteiger partial charge in [-0.05, 0) is 67.5 Å². The summed E-state index contributed by atoms with van der Waals surface area (Å²) in [6, 6.07) is -0.111. The summed E-state index contributed by atoms with van der Waals surface area (Å²) in [4.78, 5) is 12.5. The Morgan fingerprint density at radius 3 is 2.88 bits per heavy atom. The first-order valence-corrected chi connectivity index (χ1v) is 10.2. The van der Waals surface area contributed by atoms with Gasteiger partial charge in [-0.3, -0.25) is 8.98 Å². The van der Waals surface area contributed by atoms with Crippen molar-refractivity contribution < 1.29 is 59.7 Å². The van der Waals surface area contributed by atoms with Gasteiger partial charge in [-0.15, -0.1) is 0 Å². The Bertz CT molecular complexity index is 971. The topological polar surface area (TPSA) is 83.5 Å². The van der Waals surface area contributed by atoms with Crippen LogP contribution in [0.3, 0.4) is 0 Å². The van der Waals surface area contributed by atoms with E-state index in [-0.39, 0.29) is 83.0 Å². The third-order valence-electron chi connectivity index (χ3n) is 6.81. The van der Waals surface area contributed by atoms with Crippen molar-refractivity contribution in [3.8, 4) is 0 Å². The first-order chi connectivity index (χ1) is 14.0. The molecular weight excluding hydrogens is 363 g/mol. The minimum atomic E-state index is -5.59. The standard InChI is InChI=1S/C19H28O5S.Na/c1-11-9-16-14(15-5-6-17(20)18(11)15)4-3-12-10-13(24-25(21,22)23)7-8-19(12,16)2;/h3,11,13-16,18H,4-10H2,1-2H3,(H,21,22,23);/q;+1/p-1/t11-,13+,14+,15+,16+,18?,19+;/m1./s1/i3D,7D2,10D2,13D;. The minimum absolute atomic E-state index is 0. The molecule has 7 heteroatoms. The van der Waals surface area contributed by atoms with Crippen molar-refractivity contribution in [3.63, 3.8) is 0 Å². The van der Waals surface area contributed by atoms with Crippen molar-refractivity contribution >= 4 is 16.2 Å². The Morgan fingerprint density at radius 2 is 2.19 bits per heavy atom. The number of hydrogen-bond donors (Lipinski definition) is 0. The van der Waals surface area contributed by atoms with E-state index in [0.29, 0.717) is 19.3 Å². The third kappa shape index (κ3) is 3.50. The van der Waals surface area contributed by atoms with Gasteiger partial charge in [0.25, 0.3) is 0 Å². The van der Waals surface area contributed by atoms with Crippen molar-refractivity contribution in [1.82, 2.24) is 0 Å². The fourth-order valence-corrected chi connectivity index (χ4v) is 6.05. The van der Waals surface area contributed by atoms with Crippen LogP contribution in [0.1, 0.15) is 66.9 Å². The van der Waals surface area contributed by atoms with Gasteiger partial charge in [0.2, 0.25) is 10.4 Å². The molecule has 0 aliphatic heterocycles. The molecule has 0 heterocycles. The van der Waals surface area contributed by atoms with Crippen molar-refractivity contribution in [2.45, 2.75) is 64.8 Å². The van der Waals surface area contributed by atoms with E-state index in [4.69, 9.17) is 8.22 Å². The van der Waals surface area contributed by atoms with Crippen LogP contribution in [0.4, 0.5) is 0 Å². The Hall–Kier alpha value is 0.280. The second-order valence-corrected chi connectivity index (χ2v) is 9.13. The number of hydrogen-bond acceptors (Lipinski definition) is 5. The van der Waals surface area contributed by atoms with Crippen molar-refractivity contribution in [2.75, 3.05) is 0 Å². The van der Waals surface area contributed by atoms with Crippen molar-refractivity contribution in [2.24, 2.45) is 35.0 Å². The van der Waals surface area contributed by atoms with Gasteiger partial charge in [0.15, 0.2) is 0 Å². The normalized spacial score (nSPS) is 55.5. The van der Waals surface area contributed by atoms with Gasteiger partial charge >= 0.3 is 29.6 Å². The maximum absolute atomic E-state index is 12.5. The van der Waals surface area contributed by atoms with Crippen LogP contribution in [0.25, 0.3) is 0 Å². The fourth-order valence-electron chi connectivity index (χ4n) is 5.75. The molecule has 4 rings (SSSR count). The van der Waals surface area contributed by atoms with Crippen LogP contribution in [0.2, 0.25) is 0 Å². The molecule has 0 aromatic rings. The van der Waals surface area contributed by atoms with Gasteiger partial charge in [0.1, 0.15) is 5.78 Å². The van der Waals surface area contributed by atoms with Crippen LogP contribution < -0.4 is 29.6 Å². The van der Waals surface area contributed by atoms with Gasteiger partial charge < -0.3 is 4.55 Å². The minimum Gasteiger partial charge on any atom is -0.726 e. The summed E-state index contributed by atoms with van der Waals surface area (Å²) in [6.45, 7) is 3.66. The number of rotatable bonds is 2. The quantitative estimate of drug-likeness (QED) is 0.289. The van der Waals surface area contributed by atoms with E-state index in [1.54, 1.807) is 6.92 Å². The van der Waals surface area contributed by atoms with Crippen LogP contribution in [0.15, 0.2) is 11.6 Å². The van der Waals surface area contributed by atoms with Gasteiger partial charge in [-0.25, -0.2) is 8.42 Å².